The molecule has 0 amide bonds. The number of nitrogens with one attached hydrogen (secondary N) is 1. The van der Waals surface area contributed by atoms with Gasteiger partial charge in [0.05, 0.1) is 18.8 Å². The lowest BCUT2D eigenvalue weighted by atomic mass is 10.0. The standard InChI is InChI=1S/C16H31NO5Si/c1-15(2,3)23(6,7)22-11-9(8-18)19-14-13-12(10(11)17-14)20-16(4,5)21-13/h9-14,17-18H,8H2,1-7H3/t9-,10-,11-,12-,13-,14+/m0/s1. The minimum atomic E-state index is -2.00. The first kappa shape index (κ1) is 17.8. The van der Waals surface area contributed by atoms with E-state index in [4.69, 9.17) is 18.6 Å². The highest BCUT2D eigenvalue weighted by atomic mass is 28.4. The second-order valence-corrected chi connectivity index (χ2v) is 13.6. The van der Waals surface area contributed by atoms with Crippen molar-refractivity contribution >= 4 is 8.32 Å². The molecule has 0 aromatic heterocycles. The minimum Gasteiger partial charge on any atom is -0.409 e. The largest absolute Gasteiger partial charge is 0.409 e. The Hall–Kier alpha value is -0.0231. The summed E-state index contributed by atoms with van der Waals surface area (Å²) in [4.78, 5) is 0. The Labute approximate surface area is 139 Å². The topological polar surface area (TPSA) is 69.2 Å². The molecule has 3 fully saturated rings. The van der Waals surface area contributed by atoms with Crippen molar-refractivity contribution < 1.29 is 23.7 Å². The summed E-state index contributed by atoms with van der Waals surface area (Å²) in [6.45, 7) is 14.9. The van der Waals surface area contributed by atoms with Crippen LogP contribution in [-0.4, -0.2) is 62.5 Å². The van der Waals surface area contributed by atoms with E-state index in [0.717, 1.165) is 0 Å². The van der Waals surface area contributed by atoms with E-state index in [2.05, 4.69) is 39.2 Å². The maximum atomic E-state index is 9.79. The summed E-state index contributed by atoms with van der Waals surface area (Å²) in [5.74, 6) is -0.606. The molecule has 0 unspecified atom stereocenters. The fraction of sp³-hybridized carbons (Fsp3) is 1.00. The van der Waals surface area contributed by atoms with Gasteiger partial charge < -0.3 is 23.7 Å². The molecule has 3 rings (SSSR count). The molecule has 2 bridgehead atoms. The monoisotopic (exact) mass is 345 g/mol. The highest BCUT2D eigenvalue weighted by Crippen LogP contribution is 2.44. The van der Waals surface area contributed by atoms with E-state index in [1.807, 2.05) is 13.8 Å². The number of hydrogen-bond donors (Lipinski definition) is 2. The van der Waals surface area contributed by atoms with Crippen molar-refractivity contribution in [1.82, 2.24) is 5.32 Å². The maximum absolute atomic E-state index is 9.79. The summed E-state index contributed by atoms with van der Waals surface area (Å²) in [6, 6.07) is -0.0215. The highest BCUT2D eigenvalue weighted by molar-refractivity contribution is 6.74. The minimum absolute atomic E-state index is 0.0215. The average Bonchev–Trinajstić information content (AvgIpc) is 2.84. The third-order valence-electron chi connectivity index (χ3n) is 5.63. The van der Waals surface area contributed by atoms with E-state index < -0.39 is 14.1 Å². The Kier molecular flexibility index (Phi) is 4.24. The molecule has 3 saturated heterocycles. The van der Waals surface area contributed by atoms with E-state index in [1.54, 1.807) is 0 Å². The third-order valence-corrected chi connectivity index (χ3v) is 10.1. The molecule has 0 spiro atoms. The lowest BCUT2D eigenvalue weighted by Crippen LogP contribution is -2.62. The van der Waals surface area contributed by atoms with Gasteiger partial charge in [-0.25, -0.2) is 0 Å². The van der Waals surface area contributed by atoms with E-state index >= 15 is 0 Å². The SMILES string of the molecule is CC1(C)O[C@H]2[C@H]3N[C@H](O[C@@H](CO)[C@@H]3O[Si](C)(C)C(C)(C)C)[C@H]2O1. The normalized spacial score (nSPS) is 42.8. The zero-order valence-electron chi connectivity index (χ0n) is 15.3. The highest BCUT2D eigenvalue weighted by Gasteiger charge is 2.62. The Morgan fingerprint density at radius 1 is 1.17 bits per heavy atom. The van der Waals surface area contributed by atoms with Crippen molar-refractivity contribution in [3.63, 3.8) is 0 Å². The molecule has 0 saturated carbocycles. The number of rotatable bonds is 3. The van der Waals surface area contributed by atoms with Crippen LogP contribution in [0, 0.1) is 0 Å². The fourth-order valence-corrected chi connectivity index (χ4v) is 4.75. The molecule has 3 heterocycles. The van der Waals surface area contributed by atoms with Gasteiger partial charge in [0, 0.05) is 0 Å². The number of ether oxygens (including phenoxy) is 3. The lowest BCUT2D eigenvalue weighted by Gasteiger charge is -2.45. The summed E-state index contributed by atoms with van der Waals surface area (Å²) in [5.41, 5.74) is 0. The molecule has 134 valence electrons. The van der Waals surface area contributed by atoms with Crippen LogP contribution in [0.5, 0.6) is 0 Å². The van der Waals surface area contributed by atoms with Gasteiger partial charge in [-0.15, -0.1) is 0 Å². The summed E-state index contributed by atoms with van der Waals surface area (Å²) >= 11 is 0. The van der Waals surface area contributed by atoms with Gasteiger partial charge in [0.25, 0.3) is 0 Å². The quantitative estimate of drug-likeness (QED) is 0.757. The van der Waals surface area contributed by atoms with Crippen LogP contribution in [-0.2, 0) is 18.6 Å². The molecular formula is C16H31NO5Si. The summed E-state index contributed by atoms with van der Waals surface area (Å²) in [7, 11) is -2.00. The van der Waals surface area contributed by atoms with Crippen molar-refractivity contribution in [2.75, 3.05) is 6.61 Å². The zero-order chi connectivity index (χ0) is 17.2. The summed E-state index contributed by atoms with van der Waals surface area (Å²) in [6.07, 6.45) is -1.09. The Balaban J connectivity index is 1.84. The van der Waals surface area contributed by atoms with E-state index in [-0.39, 0.29) is 48.3 Å². The average molecular weight is 346 g/mol. The number of aliphatic hydroxyl groups excluding tert-OH is 1. The van der Waals surface area contributed by atoms with Gasteiger partial charge in [-0.3, -0.25) is 5.32 Å². The molecule has 0 aromatic rings. The van der Waals surface area contributed by atoms with Crippen molar-refractivity contribution in [2.45, 2.75) is 95.2 Å². The predicted molar refractivity (Wildman–Crippen MR) is 88.6 cm³/mol. The molecule has 3 aliphatic heterocycles. The first-order valence-corrected chi connectivity index (χ1v) is 11.4. The van der Waals surface area contributed by atoms with Gasteiger partial charge >= 0.3 is 0 Å². The van der Waals surface area contributed by atoms with Gasteiger partial charge in [0.1, 0.15) is 24.5 Å². The van der Waals surface area contributed by atoms with Gasteiger partial charge in [0.2, 0.25) is 0 Å². The fourth-order valence-electron chi connectivity index (χ4n) is 3.42. The summed E-state index contributed by atoms with van der Waals surface area (Å²) in [5, 5.41) is 13.3. The van der Waals surface area contributed by atoms with Crippen LogP contribution >= 0.6 is 0 Å². The molecule has 0 radical (unpaired) electrons. The van der Waals surface area contributed by atoms with Crippen LogP contribution in [0.1, 0.15) is 34.6 Å². The molecule has 2 N–H and O–H groups in total. The molecule has 3 aliphatic rings. The second-order valence-electron chi connectivity index (χ2n) is 8.88. The first-order valence-electron chi connectivity index (χ1n) is 8.51. The van der Waals surface area contributed by atoms with Gasteiger partial charge in [-0.2, -0.15) is 0 Å². The van der Waals surface area contributed by atoms with Crippen molar-refractivity contribution in [3.05, 3.63) is 0 Å². The molecule has 7 heteroatoms. The van der Waals surface area contributed by atoms with Crippen molar-refractivity contribution in [1.29, 1.82) is 0 Å². The van der Waals surface area contributed by atoms with Crippen LogP contribution in [0.4, 0.5) is 0 Å². The summed E-state index contributed by atoms with van der Waals surface area (Å²) < 4.78 is 24.7. The third kappa shape index (κ3) is 3.01. The second kappa shape index (κ2) is 5.49. The van der Waals surface area contributed by atoms with Crippen LogP contribution in [0.25, 0.3) is 0 Å². The number of aliphatic hydroxyl groups is 1. The Bertz CT molecular complexity index is 464. The van der Waals surface area contributed by atoms with E-state index in [9.17, 15) is 5.11 Å². The van der Waals surface area contributed by atoms with Crippen LogP contribution in [0.3, 0.4) is 0 Å². The lowest BCUT2D eigenvalue weighted by molar-refractivity contribution is -0.210. The van der Waals surface area contributed by atoms with Crippen LogP contribution < -0.4 is 5.32 Å². The van der Waals surface area contributed by atoms with Crippen molar-refractivity contribution in [2.24, 2.45) is 0 Å². The van der Waals surface area contributed by atoms with Crippen LogP contribution in [0.15, 0.2) is 0 Å². The number of hydrogen-bond acceptors (Lipinski definition) is 6. The van der Waals surface area contributed by atoms with Gasteiger partial charge in [-0.1, -0.05) is 20.8 Å². The molecule has 6 nitrogen and oxygen atoms in total. The molecule has 0 aromatic carbocycles. The first-order chi connectivity index (χ1) is 10.5. The van der Waals surface area contributed by atoms with Gasteiger partial charge in [-0.05, 0) is 32.0 Å². The van der Waals surface area contributed by atoms with E-state index in [0.29, 0.717) is 0 Å². The maximum Gasteiger partial charge on any atom is 0.192 e. The molecule has 0 aliphatic carbocycles. The smallest absolute Gasteiger partial charge is 0.192 e. The number of fused-ring (bicyclic) bond motifs is 5. The predicted octanol–water partition coefficient (Wildman–Crippen LogP) is 1.59. The van der Waals surface area contributed by atoms with Crippen LogP contribution in [0.2, 0.25) is 18.1 Å². The van der Waals surface area contributed by atoms with E-state index in [1.165, 1.54) is 0 Å². The Morgan fingerprint density at radius 3 is 2.35 bits per heavy atom. The molecule has 6 atom stereocenters. The Morgan fingerprint density at radius 2 is 1.78 bits per heavy atom. The van der Waals surface area contributed by atoms with Crippen molar-refractivity contribution in [3.8, 4) is 0 Å². The molecule has 23 heavy (non-hydrogen) atoms. The molecular weight excluding hydrogens is 314 g/mol. The van der Waals surface area contributed by atoms with Gasteiger partial charge in [0.15, 0.2) is 14.1 Å². The zero-order valence-corrected chi connectivity index (χ0v) is 16.3.